The lowest BCUT2D eigenvalue weighted by atomic mass is 10.3. The Labute approximate surface area is 131 Å². The predicted molar refractivity (Wildman–Crippen MR) is 86.1 cm³/mol. The minimum absolute atomic E-state index is 0.0789. The highest BCUT2D eigenvalue weighted by molar-refractivity contribution is 6.30. The third-order valence-corrected chi connectivity index (χ3v) is 3.43. The molecule has 0 saturated carbocycles. The number of anilines is 1. The van der Waals surface area contributed by atoms with Gasteiger partial charge in [0.25, 0.3) is 5.56 Å². The molecule has 110 valence electrons. The SMILES string of the molecule is O=C(Cn1c(=O)cnc2ccccc21)Nc1ccc(Cl)cc1. The van der Waals surface area contributed by atoms with Gasteiger partial charge < -0.3 is 5.32 Å². The van der Waals surface area contributed by atoms with Crippen LogP contribution in [-0.4, -0.2) is 15.5 Å². The van der Waals surface area contributed by atoms with Crippen molar-refractivity contribution in [2.45, 2.75) is 6.54 Å². The summed E-state index contributed by atoms with van der Waals surface area (Å²) < 4.78 is 1.40. The number of carbonyl (C=O) groups excluding carboxylic acids is 1. The monoisotopic (exact) mass is 313 g/mol. The number of halogens is 1. The van der Waals surface area contributed by atoms with E-state index in [1.54, 1.807) is 42.5 Å². The Morgan fingerprint density at radius 1 is 1.14 bits per heavy atom. The van der Waals surface area contributed by atoms with Gasteiger partial charge >= 0.3 is 0 Å². The van der Waals surface area contributed by atoms with Gasteiger partial charge in [-0.25, -0.2) is 4.98 Å². The number of nitrogens with one attached hydrogen (secondary N) is 1. The average molecular weight is 314 g/mol. The van der Waals surface area contributed by atoms with Crippen LogP contribution in [0.15, 0.2) is 59.5 Å². The van der Waals surface area contributed by atoms with Gasteiger partial charge in [0.15, 0.2) is 0 Å². The Kier molecular flexibility index (Phi) is 3.89. The predicted octanol–water partition coefficient (Wildman–Crippen LogP) is 2.69. The van der Waals surface area contributed by atoms with E-state index in [1.807, 2.05) is 6.07 Å². The quantitative estimate of drug-likeness (QED) is 0.808. The molecule has 22 heavy (non-hydrogen) atoms. The second-order valence-corrected chi connectivity index (χ2v) is 5.16. The molecular weight excluding hydrogens is 302 g/mol. The van der Waals surface area contributed by atoms with Crippen molar-refractivity contribution < 1.29 is 4.79 Å². The first-order chi connectivity index (χ1) is 10.6. The molecule has 1 heterocycles. The summed E-state index contributed by atoms with van der Waals surface area (Å²) in [6.07, 6.45) is 1.22. The summed E-state index contributed by atoms with van der Waals surface area (Å²) in [4.78, 5) is 28.2. The van der Waals surface area contributed by atoms with E-state index in [2.05, 4.69) is 10.3 Å². The van der Waals surface area contributed by atoms with Crippen LogP contribution < -0.4 is 10.9 Å². The fourth-order valence-corrected chi connectivity index (χ4v) is 2.28. The zero-order chi connectivity index (χ0) is 15.5. The van der Waals surface area contributed by atoms with E-state index < -0.39 is 0 Å². The third kappa shape index (κ3) is 2.99. The number of para-hydroxylation sites is 2. The number of hydrogen-bond donors (Lipinski definition) is 1. The molecule has 0 saturated heterocycles. The molecular formula is C16H12ClN3O2. The lowest BCUT2D eigenvalue weighted by Crippen LogP contribution is -2.27. The molecule has 5 nitrogen and oxygen atoms in total. The molecule has 3 aromatic rings. The average Bonchev–Trinajstić information content (AvgIpc) is 2.52. The first-order valence-electron chi connectivity index (χ1n) is 6.63. The van der Waals surface area contributed by atoms with E-state index in [4.69, 9.17) is 11.6 Å². The van der Waals surface area contributed by atoms with Crippen molar-refractivity contribution in [2.24, 2.45) is 0 Å². The van der Waals surface area contributed by atoms with E-state index >= 15 is 0 Å². The fraction of sp³-hybridized carbons (Fsp3) is 0.0625. The number of benzene rings is 2. The van der Waals surface area contributed by atoms with Gasteiger partial charge in [0.05, 0.1) is 17.2 Å². The molecule has 0 fully saturated rings. The molecule has 2 aromatic carbocycles. The molecule has 0 radical (unpaired) electrons. The first kappa shape index (κ1) is 14.3. The summed E-state index contributed by atoms with van der Waals surface area (Å²) in [6.45, 7) is -0.0789. The molecule has 0 aliphatic heterocycles. The highest BCUT2D eigenvalue weighted by atomic mass is 35.5. The first-order valence-corrected chi connectivity index (χ1v) is 7.01. The lowest BCUT2D eigenvalue weighted by Gasteiger charge is -2.10. The van der Waals surface area contributed by atoms with Gasteiger partial charge in [0, 0.05) is 10.7 Å². The number of nitrogens with zero attached hydrogens (tertiary/aromatic N) is 2. The second kappa shape index (κ2) is 5.99. The largest absolute Gasteiger partial charge is 0.325 e. The van der Waals surface area contributed by atoms with Crippen LogP contribution in [0.4, 0.5) is 5.69 Å². The number of hydrogen-bond acceptors (Lipinski definition) is 3. The van der Waals surface area contributed by atoms with Crippen LogP contribution in [0, 0.1) is 0 Å². The van der Waals surface area contributed by atoms with Gasteiger partial charge in [0.1, 0.15) is 6.54 Å². The Morgan fingerprint density at radius 2 is 1.86 bits per heavy atom. The van der Waals surface area contributed by atoms with Crippen LogP contribution in [0.5, 0.6) is 0 Å². The molecule has 0 unspecified atom stereocenters. The minimum atomic E-state index is -0.315. The second-order valence-electron chi connectivity index (χ2n) is 4.73. The summed E-state index contributed by atoms with van der Waals surface area (Å²) in [7, 11) is 0. The number of aromatic nitrogens is 2. The maximum absolute atomic E-state index is 12.1. The molecule has 0 bridgehead atoms. The van der Waals surface area contributed by atoms with Crippen molar-refractivity contribution in [3.8, 4) is 0 Å². The van der Waals surface area contributed by atoms with Crippen molar-refractivity contribution in [2.75, 3.05) is 5.32 Å². The van der Waals surface area contributed by atoms with Crippen molar-refractivity contribution in [1.82, 2.24) is 9.55 Å². The lowest BCUT2D eigenvalue weighted by molar-refractivity contribution is -0.116. The van der Waals surface area contributed by atoms with Gasteiger partial charge in [-0.15, -0.1) is 0 Å². The molecule has 0 spiro atoms. The summed E-state index contributed by atoms with van der Waals surface area (Å²) in [5, 5.41) is 3.32. The summed E-state index contributed by atoms with van der Waals surface area (Å²) >= 11 is 5.80. The number of amides is 1. The summed E-state index contributed by atoms with van der Waals surface area (Å²) in [6, 6.07) is 14.0. The third-order valence-electron chi connectivity index (χ3n) is 3.18. The van der Waals surface area contributed by atoms with Crippen LogP contribution >= 0.6 is 11.6 Å². The van der Waals surface area contributed by atoms with E-state index in [0.717, 1.165) is 0 Å². The van der Waals surface area contributed by atoms with Crippen LogP contribution in [0.1, 0.15) is 0 Å². The fourth-order valence-electron chi connectivity index (χ4n) is 2.16. The van der Waals surface area contributed by atoms with Crippen molar-refractivity contribution in [1.29, 1.82) is 0 Å². The molecule has 0 aliphatic rings. The Morgan fingerprint density at radius 3 is 2.64 bits per heavy atom. The molecule has 1 N–H and O–H groups in total. The van der Waals surface area contributed by atoms with Gasteiger partial charge in [-0.2, -0.15) is 0 Å². The number of fused-ring (bicyclic) bond motifs is 1. The van der Waals surface area contributed by atoms with Gasteiger partial charge in [-0.05, 0) is 36.4 Å². The minimum Gasteiger partial charge on any atom is -0.325 e. The Balaban J connectivity index is 1.86. The topological polar surface area (TPSA) is 64.0 Å². The van der Waals surface area contributed by atoms with Crippen molar-refractivity contribution in [3.05, 3.63) is 70.1 Å². The summed E-state index contributed by atoms with van der Waals surface area (Å²) in [5.74, 6) is -0.291. The van der Waals surface area contributed by atoms with Gasteiger partial charge in [-0.3, -0.25) is 14.2 Å². The van der Waals surface area contributed by atoms with Gasteiger partial charge in [-0.1, -0.05) is 23.7 Å². The molecule has 1 amide bonds. The maximum atomic E-state index is 12.1. The van der Waals surface area contributed by atoms with Crippen LogP contribution in [0.2, 0.25) is 5.02 Å². The Hall–Kier alpha value is -2.66. The summed E-state index contributed by atoms with van der Waals surface area (Å²) in [5.41, 5.74) is 1.61. The highest BCUT2D eigenvalue weighted by Gasteiger charge is 2.09. The highest BCUT2D eigenvalue weighted by Crippen LogP contribution is 2.14. The smallest absolute Gasteiger partial charge is 0.269 e. The molecule has 1 aromatic heterocycles. The van der Waals surface area contributed by atoms with Crippen LogP contribution in [0.25, 0.3) is 11.0 Å². The number of carbonyl (C=O) groups is 1. The molecule has 3 rings (SSSR count). The molecule has 0 atom stereocenters. The molecule has 0 aliphatic carbocycles. The van der Waals surface area contributed by atoms with E-state index in [-0.39, 0.29) is 18.0 Å². The van der Waals surface area contributed by atoms with Crippen LogP contribution in [0.3, 0.4) is 0 Å². The number of rotatable bonds is 3. The van der Waals surface area contributed by atoms with E-state index in [1.165, 1.54) is 10.8 Å². The van der Waals surface area contributed by atoms with Crippen molar-refractivity contribution >= 4 is 34.2 Å². The van der Waals surface area contributed by atoms with E-state index in [9.17, 15) is 9.59 Å². The maximum Gasteiger partial charge on any atom is 0.269 e. The zero-order valence-corrected chi connectivity index (χ0v) is 12.2. The Bertz CT molecular complexity index is 888. The van der Waals surface area contributed by atoms with Crippen molar-refractivity contribution in [3.63, 3.8) is 0 Å². The standard InChI is InChI=1S/C16H12ClN3O2/c17-11-5-7-12(8-6-11)19-15(21)10-20-14-4-2-1-3-13(14)18-9-16(20)22/h1-9H,10H2,(H,19,21). The normalized spacial score (nSPS) is 10.6. The molecule has 6 heteroatoms. The van der Waals surface area contributed by atoms with Crippen LogP contribution in [-0.2, 0) is 11.3 Å². The van der Waals surface area contributed by atoms with E-state index in [0.29, 0.717) is 21.7 Å². The van der Waals surface area contributed by atoms with Gasteiger partial charge in [0.2, 0.25) is 5.91 Å². The zero-order valence-electron chi connectivity index (χ0n) is 11.5.